The van der Waals surface area contributed by atoms with Crippen LogP contribution in [0.4, 0.5) is 11.8 Å². The maximum absolute atomic E-state index is 12.9. The van der Waals surface area contributed by atoms with Gasteiger partial charge in [0.15, 0.2) is 11.5 Å². The highest BCUT2D eigenvalue weighted by molar-refractivity contribution is 5.92. The molecule has 1 aromatic heterocycles. The molecule has 0 bridgehead atoms. The minimum absolute atomic E-state index is 0.0220. The average molecular weight is 482 g/mol. The zero-order valence-electron chi connectivity index (χ0n) is 21.1. The van der Waals surface area contributed by atoms with Crippen LogP contribution in [0, 0.1) is 6.92 Å². The van der Waals surface area contributed by atoms with Gasteiger partial charge >= 0.3 is 0 Å². The van der Waals surface area contributed by atoms with Crippen molar-refractivity contribution in [1.82, 2.24) is 14.9 Å². The predicted molar refractivity (Wildman–Crippen MR) is 137 cm³/mol. The van der Waals surface area contributed by atoms with Crippen LogP contribution in [-0.4, -0.2) is 81.4 Å². The molecule has 2 saturated heterocycles. The molecule has 3 heterocycles. The molecular formula is C26H35N5O4. The first kappa shape index (κ1) is 24.6. The summed E-state index contributed by atoms with van der Waals surface area (Å²) in [6.07, 6.45) is 7.03. The van der Waals surface area contributed by atoms with E-state index in [9.17, 15) is 4.79 Å². The summed E-state index contributed by atoms with van der Waals surface area (Å²) >= 11 is 0. The Labute approximate surface area is 207 Å². The van der Waals surface area contributed by atoms with Crippen LogP contribution < -0.4 is 24.0 Å². The molecule has 0 radical (unpaired) electrons. The molecule has 1 aromatic carbocycles. The summed E-state index contributed by atoms with van der Waals surface area (Å²) in [7, 11) is 4.71. The van der Waals surface area contributed by atoms with Crippen molar-refractivity contribution in [3.63, 3.8) is 0 Å². The van der Waals surface area contributed by atoms with Gasteiger partial charge in [-0.25, -0.2) is 4.98 Å². The van der Waals surface area contributed by atoms with Crippen LogP contribution in [0.2, 0.25) is 0 Å². The third-order valence-electron chi connectivity index (χ3n) is 6.49. The molecule has 4 rings (SSSR count). The van der Waals surface area contributed by atoms with E-state index in [0.717, 1.165) is 49.2 Å². The molecular weight excluding hydrogens is 446 g/mol. The van der Waals surface area contributed by atoms with Gasteiger partial charge < -0.3 is 28.9 Å². The number of amides is 1. The normalized spacial score (nSPS) is 16.5. The molecule has 0 saturated carbocycles. The van der Waals surface area contributed by atoms with Crippen LogP contribution in [0.5, 0.6) is 17.2 Å². The van der Waals surface area contributed by atoms with Crippen LogP contribution >= 0.6 is 0 Å². The van der Waals surface area contributed by atoms with Crippen LogP contribution in [0.1, 0.15) is 30.5 Å². The Morgan fingerprint density at radius 3 is 2.09 bits per heavy atom. The zero-order valence-corrected chi connectivity index (χ0v) is 21.1. The second-order valence-electron chi connectivity index (χ2n) is 8.82. The molecule has 9 heteroatoms. The van der Waals surface area contributed by atoms with E-state index in [4.69, 9.17) is 19.2 Å². The molecule has 2 aliphatic heterocycles. The lowest BCUT2D eigenvalue weighted by Crippen LogP contribution is -2.48. The number of aromatic nitrogens is 2. The van der Waals surface area contributed by atoms with Crippen molar-refractivity contribution >= 4 is 23.7 Å². The molecule has 0 N–H and O–H groups in total. The minimum atomic E-state index is -0.0220. The Hall–Kier alpha value is -3.49. The molecule has 2 fully saturated rings. The molecule has 2 aromatic rings. The smallest absolute Gasteiger partial charge is 0.246 e. The third-order valence-corrected chi connectivity index (χ3v) is 6.49. The monoisotopic (exact) mass is 481 g/mol. The van der Waals surface area contributed by atoms with Gasteiger partial charge in [-0.2, -0.15) is 4.98 Å². The largest absolute Gasteiger partial charge is 0.493 e. The van der Waals surface area contributed by atoms with E-state index in [-0.39, 0.29) is 5.91 Å². The number of hydrogen-bond donors (Lipinski definition) is 0. The van der Waals surface area contributed by atoms with Crippen molar-refractivity contribution in [3.05, 3.63) is 35.5 Å². The van der Waals surface area contributed by atoms with Crippen LogP contribution in [0.3, 0.4) is 0 Å². The molecule has 0 unspecified atom stereocenters. The zero-order chi connectivity index (χ0) is 24.8. The van der Waals surface area contributed by atoms with E-state index >= 15 is 0 Å². The lowest BCUT2D eigenvalue weighted by Gasteiger charge is -2.35. The summed E-state index contributed by atoms with van der Waals surface area (Å²) in [6, 6.07) is 5.68. The Morgan fingerprint density at radius 2 is 1.49 bits per heavy atom. The van der Waals surface area contributed by atoms with Crippen molar-refractivity contribution in [2.24, 2.45) is 0 Å². The number of hydrogen-bond acceptors (Lipinski definition) is 8. The number of anilines is 2. The summed E-state index contributed by atoms with van der Waals surface area (Å²) in [4.78, 5) is 28.8. The Morgan fingerprint density at radius 1 is 0.829 bits per heavy atom. The first-order chi connectivity index (χ1) is 17.0. The van der Waals surface area contributed by atoms with Gasteiger partial charge in [-0.15, -0.1) is 0 Å². The topological polar surface area (TPSA) is 80.3 Å². The quantitative estimate of drug-likeness (QED) is 0.558. The standard InChI is InChI=1S/C26H35N5O4/c1-19-16-23(28-26(27-19)31-10-6-5-7-11-31)29-12-14-30(15-13-29)24(32)9-8-20-17-21(33-2)25(35-4)22(18-20)34-3/h8-9,16-18H,5-7,10-15H2,1-4H3/b9-8+. The molecule has 0 aliphatic carbocycles. The fourth-order valence-electron chi connectivity index (χ4n) is 4.56. The lowest BCUT2D eigenvalue weighted by atomic mass is 10.1. The summed E-state index contributed by atoms with van der Waals surface area (Å²) in [6.45, 7) is 6.81. The van der Waals surface area contributed by atoms with E-state index in [0.29, 0.717) is 30.3 Å². The number of carbonyl (C=O) groups excluding carboxylic acids is 1. The maximum Gasteiger partial charge on any atom is 0.246 e. The molecule has 35 heavy (non-hydrogen) atoms. The van der Waals surface area contributed by atoms with E-state index in [2.05, 4.69) is 14.8 Å². The predicted octanol–water partition coefficient (Wildman–Crippen LogP) is 3.16. The van der Waals surface area contributed by atoms with Crippen molar-refractivity contribution in [1.29, 1.82) is 0 Å². The Bertz CT molecular complexity index is 1030. The fourth-order valence-corrected chi connectivity index (χ4v) is 4.56. The summed E-state index contributed by atoms with van der Waals surface area (Å²) < 4.78 is 16.2. The highest BCUT2D eigenvalue weighted by Gasteiger charge is 2.23. The van der Waals surface area contributed by atoms with Crippen LogP contribution in [0.25, 0.3) is 6.08 Å². The number of rotatable bonds is 7. The van der Waals surface area contributed by atoms with Crippen molar-refractivity contribution in [3.8, 4) is 17.2 Å². The van der Waals surface area contributed by atoms with Gasteiger partial charge in [-0.3, -0.25) is 4.79 Å². The first-order valence-corrected chi connectivity index (χ1v) is 12.1. The Kier molecular flexibility index (Phi) is 7.94. The van der Waals surface area contributed by atoms with Gasteiger partial charge in [0.1, 0.15) is 5.82 Å². The van der Waals surface area contributed by atoms with Gasteiger partial charge in [0.25, 0.3) is 0 Å². The number of ether oxygens (including phenoxy) is 3. The van der Waals surface area contributed by atoms with E-state index < -0.39 is 0 Å². The third kappa shape index (κ3) is 5.78. The van der Waals surface area contributed by atoms with Gasteiger partial charge in [0.2, 0.25) is 17.6 Å². The Balaban J connectivity index is 1.39. The van der Waals surface area contributed by atoms with Crippen molar-refractivity contribution in [2.75, 3.05) is 70.4 Å². The number of benzene rings is 1. The van der Waals surface area contributed by atoms with Crippen LogP contribution in [-0.2, 0) is 4.79 Å². The van der Waals surface area contributed by atoms with E-state index in [1.165, 1.54) is 19.3 Å². The van der Waals surface area contributed by atoms with Gasteiger partial charge in [-0.05, 0) is 50.0 Å². The molecule has 2 aliphatic rings. The molecule has 0 spiro atoms. The summed E-state index contributed by atoms with van der Waals surface area (Å²) in [5.74, 6) is 3.38. The van der Waals surface area contributed by atoms with Gasteiger partial charge in [-0.1, -0.05) is 0 Å². The maximum atomic E-state index is 12.9. The van der Waals surface area contributed by atoms with Gasteiger partial charge in [0.05, 0.1) is 21.3 Å². The number of piperazine rings is 1. The second-order valence-corrected chi connectivity index (χ2v) is 8.82. The molecule has 1 amide bonds. The fraction of sp³-hybridized carbons (Fsp3) is 0.500. The highest BCUT2D eigenvalue weighted by Crippen LogP contribution is 2.38. The number of aryl methyl sites for hydroxylation is 1. The van der Waals surface area contributed by atoms with Gasteiger partial charge in [0, 0.05) is 57.1 Å². The molecule has 9 nitrogen and oxygen atoms in total. The summed E-state index contributed by atoms with van der Waals surface area (Å²) in [5.41, 5.74) is 1.77. The molecule has 188 valence electrons. The minimum Gasteiger partial charge on any atom is -0.493 e. The van der Waals surface area contributed by atoms with E-state index in [1.54, 1.807) is 33.5 Å². The number of carbonyl (C=O) groups is 1. The number of methoxy groups -OCH3 is 3. The first-order valence-electron chi connectivity index (χ1n) is 12.1. The number of nitrogens with zero attached hydrogens (tertiary/aromatic N) is 5. The molecule has 0 atom stereocenters. The second kappa shape index (κ2) is 11.3. The number of piperidine rings is 1. The highest BCUT2D eigenvalue weighted by atomic mass is 16.5. The van der Waals surface area contributed by atoms with Crippen molar-refractivity contribution in [2.45, 2.75) is 26.2 Å². The van der Waals surface area contributed by atoms with Crippen molar-refractivity contribution < 1.29 is 19.0 Å². The summed E-state index contributed by atoms with van der Waals surface area (Å²) in [5, 5.41) is 0. The van der Waals surface area contributed by atoms with E-state index in [1.807, 2.05) is 30.0 Å². The van der Waals surface area contributed by atoms with Crippen LogP contribution in [0.15, 0.2) is 24.3 Å². The lowest BCUT2D eigenvalue weighted by molar-refractivity contribution is -0.126. The SMILES string of the molecule is COc1cc(/C=C/C(=O)N2CCN(c3cc(C)nc(N4CCCCC4)n3)CC2)cc(OC)c1OC. The average Bonchev–Trinajstić information content (AvgIpc) is 2.91.